The first-order valence-corrected chi connectivity index (χ1v) is 8.07. The van der Waals surface area contributed by atoms with Gasteiger partial charge in [-0.25, -0.2) is 0 Å². The molecule has 24 heavy (non-hydrogen) atoms. The molecule has 0 atom stereocenters. The Kier molecular flexibility index (Phi) is 6.04. The SMILES string of the molecule is COCCCN(C)C(=O)c1cc(C)n(-c2cccc(OC)c2)c1C. The maximum Gasteiger partial charge on any atom is 0.255 e. The molecule has 1 aromatic heterocycles. The molecule has 2 aromatic rings. The van der Waals surface area contributed by atoms with Crippen molar-refractivity contribution in [2.45, 2.75) is 20.3 Å². The van der Waals surface area contributed by atoms with Gasteiger partial charge in [-0.2, -0.15) is 0 Å². The Hall–Kier alpha value is -2.27. The zero-order valence-corrected chi connectivity index (χ0v) is 15.1. The Morgan fingerprint density at radius 2 is 1.96 bits per heavy atom. The molecule has 5 heteroatoms. The summed E-state index contributed by atoms with van der Waals surface area (Å²) in [6.07, 6.45) is 0.827. The Morgan fingerprint density at radius 3 is 2.62 bits per heavy atom. The van der Waals surface area contributed by atoms with Crippen molar-refractivity contribution in [2.75, 3.05) is 34.4 Å². The van der Waals surface area contributed by atoms with Gasteiger partial charge < -0.3 is 18.9 Å². The van der Waals surface area contributed by atoms with Crippen LogP contribution in [0, 0.1) is 13.8 Å². The van der Waals surface area contributed by atoms with E-state index in [0.29, 0.717) is 13.2 Å². The first kappa shape index (κ1) is 18.1. The number of aryl methyl sites for hydroxylation is 1. The summed E-state index contributed by atoms with van der Waals surface area (Å²) in [6, 6.07) is 9.79. The van der Waals surface area contributed by atoms with Crippen LogP contribution in [-0.2, 0) is 4.74 Å². The number of hydrogen-bond donors (Lipinski definition) is 0. The second-order valence-electron chi connectivity index (χ2n) is 5.89. The number of carbonyl (C=O) groups excluding carboxylic acids is 1. The Morgan fingerprint density at radius 1 is 1.21 bits per heavy atom. The van der Waals surface area contributed by atoms with Crippen molar-refractivity contribution >= 4 is 5.91 Å². The van der Waals surface area contributed by atoms with Gasteiger partial charge in [0.05, 0.1) is 12.7 Å². The van der Waals surface area contributed by atoms with Crippen molar-refractivity contribution in [3.8, 4) is 11.4 Å². The maximum atomic E-state index is 12.7. The van der Waals surface area contributed by atoms with E-state index in [0.717, 1.165) is 34.8 Å². The number of methoxy groups -OCH3 is 2. The fourth-order valence-electron chi connectivity index (χ4n) is 2.88. The quantitative estimate of drug-likeness (QED) is 0.732. The zero-order chi connectivity index (χ0) is 17.7. The van der Waals surface area contributed by atoms with Crippen molar-refractivity contribution in [2.24, 2.45) is 0 Å². The van der Waals surface area contributed by atoms with Crippen molar-refractivity contribution in [1.29, 1.82) is 0 Å². The minimum absolute atomic E-state index is 0.0355. The van der Waals surface area contributed by atoms with Crippen molar-refractivity contribution < 1.29 is 14.3 Å². The predicted molar refractivity (Wildman–Crippen MR) is 95.2 cm³/mol. The highest BCUT2D eigenvalue weighted by molar-refractivity contribution is 5.95. The molecule has 0 saturated carbocycles. The van der Waals surface area contributed by atoms with Gasteiger partial charge >= 0.3 is 0 Å². The fraction of sp³-hybridized carbons (Fsp3) is 0.421. The van der Waals surface area contributed by atoms with Crippen LogP contribution in [0.15, 0.2) is 30.3 Å². The van der Waals surface area contributed by atoms with E-state index >= 15 is 0 Å². The molecule has 130 valence electrons. The van der Waals surface area contributed by atoms with Crippen LogP contribution in [0.1, 0.15) is 28.2 Å². The lowest BCUT2D eigenvalue weighted by Gasteiger charge is -2.17. The van der Waals surface area contributed by atoms with Gasteiger partial charge in [0.15, 0.2) is 0 Å². The molecule has 0 N–H and O–H groups in total. The molecule has 5 nitrogen and oxygen atoms in total. The third-order valence-corrected chi connectivity index (χ3v) is 4.16. The Balaban J connectivity index is 2.29. The van der Waals surface area contributed by atoms with Crippen LogP contribution in [0.2, 0.25) is 0 Å². The fourth-order valence-corrected chi connectivity index (χ4v) is 2.88. The van der Waals surface area contributed by atoms with Gasteiger partial charge in [0.25, 0.3) is 5.91 Å². The molecule has 2 rings (SSSR count). The van der Waals surface area contributed by atoms with E-state index in [1.54, 1.807) is 19.1 Å². The molecule has 0 aliphatic heterocycles. The summed E-state index contributed by atoms with van der Waals surface area (Å²) < 4.78 is 12.4. The smallest absolute Gasteiger partial charge is 0.255 e. The monoisotopic (exact) mass is 330 g/mol. The number of benzene rings is 1. The molecule has 0 aliphatic carbocycles. The maximum absolute atomic E-state index is 12.7. The highest BCUT2D eigenvalue weighted by atomic mass is 16.5. The molecule has 0 saturated heterocycles. The van der Waals surface area contributed by atoms with E-state index in [-0.39, 0.29) is 5.91 Å². The molecule has 0 spiro atoms. The summed E-state index contributed by atoms with van der Waals surface area (Å²) in [4.78, 5) is 14.5. The minimum Gasteiger partial charge on any atom is -0.497 e. The van der Waals surface area contributed by atoms with E-state index in [1.807, 2.05) is 51.2 Å². The number of ether oxygens (including phenoxy) is 2. The van der Waals surface area contributed by atoms with Gasteiger partial charge in [0.2, 0.25) is 0 Å². The average molecular weight is 330 g/mol. The van der Waals surface area contributed by atoms with Crippen LogP contribution in [-0.4, -0.2) is 49.8 Å². The molecule has 1 heterocycles. The third-order valence-electron chi connectivity index (χ3n) is 4.16. The van der Waals surface area contributed by atoms with Gasteiger partial charge in [-0.3, -0.25) is 4.79 Å². The van der Waals surface area contributed by atoms with Crippen LogP contribution in [0.3, 0.4) is 0 Å². The predicted octanol–water partition coefficient (Wildman–Crippen LogP) is 3.21. The minimum atomic E-state index is 0.0355. The third kappa shape index (κ3) is 3.79. The number of rotatable bonds is 7. The molecule has 1 amide bonds. The first-order chi connectivity index (χ1) is 11.5. The Labute approximate surface area is 143 Å². The molecular formula is C19H26N2O3. The van der Waals surface area contributed by atoms with Gasteiger partial charge in [-0.05, 0) is 38.5 Å². The molecule has 0 bridgehead atoms. The van der Waals surface area contributed by atoms with Gasteiger partial charge in [0.1, 0.15) is 5.75 Å². The zero-order valence-electron chi connectivity index (χ0n) is 15.1. The average Bonchev–Trinajstić information content (AvgIpc) is 2.88. The van der Waals surface area contributed by atoms with E-state index in [2.05, 4.69) is 4.57 Å². The summed E-state index contributed by atoms with van der Waals surface area (Å²) >= 11 is 0. The lowest BCUT2D eigenvalue weighted by Crippen LogP contribution is -2.28. The number of hydrogen-bond acceptors (Lipinski definition) is 3. The molecule has 1 aromatic carbocycles. The van der Waals surface area contributed by atoms with Crippen LogP contribution < -0.4 is 4.74 Å². The van der Waals surface area contributed by atoms with Crippen LogP contribution in [0.25, 0.3) is 5.69 Å². The summed E-state index contributed by atoms with van der Waals surface area (Å²) in [6.45, 7) is 5.31. The van der Waals surface area contributed by atoms with Crippen LogP contribution >= 0.6 is 0 Å². The Bertz CT molecular complexity index is 707. The van der Waals surface area contributed by atoms with Crippen molar-refractivity contribution in [3.63, 3.8) is 0 Å². The number of amides is 1. The first-order valence-electron chi connectivity index (χ1n) is 8.07. The van der Waals surface area contributed by atoms with Crippen LogP contribution in [0.4, 0.5) is 0 Å². The lowest BCUT2D eigenvalue weighted by molar-refractivity contribution is 0.0778. The molecule has 0 aliphatic rings. The molecular weight excluding hydrogens is 304 g/mol. The number of carbonyl (C=O) groups is 1. The summed E-state index contributed by atoms with van der Waals surface area (Å²) in [5, 5.41) is 0. The summed E-state index contributed by atoms with van der Waals surface area (Å²) in [7, 11) is 5.15. The summed E-state index contributed by atoms with van der Waals surface area (Å²) in [5.41, 5.74) is 3.68. The van der Waals surface area contributed by atoms with Crippen molar-refractivity contribution in [3.05, 3.63) is 47.3 Å². The van der Waals surface area contributed by atoms with E-state index in [9.17, 15) is 4.79 Å². The molecule has 0 unspecified atom stereocenters. The van der Waals surface area contributed by atoms with Crippen molar-refractivity contribution in [1.82, 2.24) is 9.47 Å². The highest BCUT2D eigenvalue weighted by Gasteiger charge is 2.19. The van der Waals surface area contributed by atoms with Gasteiger partial charge in [-0.15, -0.1) is 0 Å². The normalized spacial score (nSPS) is 10.7. The number of nitrogens with zero attached hydrogens (tertiary/aromatic N) is 2. The van der Waals surface area contributed by atoms with Gasteiger partial charge in [0, 0.05) is 50.5 Å². The highest BCUT2D eigenvalue weighted by Crippen LogP contribution is 2.24. The molecule has 0 fully saturated rings. The van der Waals surface area contributed by atoms with E-state index < -0.39 is 0 Å². The standard InChI is InChI=1S/C19H26N2O3/c1-14-12-18(19(22)20(3)10-7-11-23-4)15(2)21(14)16-8-6-9-17(13-16)24-5/h6,8-9,12-13H,7,10-11H2,1-5H3. The second kappa shape index (κ2) is 8.02. The van der Waals surface area contributed by atoms with Crippen LogP contribution in [0.5, 0.6) is 5.75 Å². The molecule has 0 radical (unpaired) electrons. The van der Waals surface area contributed by atoms with E-state index in [1.165, 1.54) is 0 Å². The largest absolute Gasteiger partial charge is 0.497 e. The van der Waals surface area contributed by atoms with Gasteiger partial charge in [-0.1, -0.05) is 6.07 Å². The lowest BCUT2D eigenvalue weighted by atomic mass is 10.2. The second-order valence-corrected chi connectivity index (χ2v) is 5.89. The number of aromatic nitrogens is 1. The topological polar surface area (TPSA) is 43.7 Å². The summed E-state index contributed by atoms with van der Waals surface area (Å²) in [5.74, 6) is 0.831. The van der Waals surface area contributed by atoms with E-state index in [4.69, 9.17) is 9.47 Å².